The van der Waals surface area contributed by atoms with Crippen molar-refractivity contribution in [2.75, 3.05) is 39.3 Å². The Morgan fingerprint density at radius 1 is 1.04 bits per heavy atom. The number of likely N-dealkylation sites (N-methyl/N-ethyl adjacent to an activating group) is 1. The van der Waals surface area contributed by atoms with E-state index in [-0.39, 0.29) is 11.9 Å². The predicted octanol–water partition coefficient (Wildman–Crippen LogP) is 2.24. The van der Waals surface area contributed by atoms with E-state index in [0.29, 0.717) is 19.6 Å². The van der Waals surface area contributed by atoms with Gasteiger partial charge in [-0.15, -0.1) is 0 Å². The molecule has 2 aliphatic rings. The summed E-state index contributed by atoms with van der Waals surface area (Å²) < 4.78 is 42.7. The van der Waals surface area contributed by atoms with Crippen LogP contribution in [0.5, 0.6) is 0 Å². The van der Waals surface area contributed by atoms with Crippen molar-refractivity contribution in [1.29, 1.82) is 0 Å². The molecule has 0 bridgehead atoms. The van der Waals surface area contributed by atoms with Crippen LogP contribution in [0.3, 0.4) is 0 Å². The van der Waals surface area contributed by atoms with Crippen molar-refractivity contribution in [3.63, 3.8) is 0 Å². The van der Waals surface area contributed by atoms with Crippen molar-refractivity contribution in [2.24, 2.45) is 0 Å². The van der Waals surface area contributed by atoms with Crippen molar-refractivity contribution >= 4 is 10.2 Å². The van der Waals surface area contributed by atoms with Gasteiger partial charge in [0.1, 0.15) is 5.82 Å². The van der Waals surface area contributed by atoms with E-state index in [4.69, 9.17) is 0 Å². The second-order valence-corrected chi connectivity index (χ2v) is 8.40. The molecule has 0 aliphatic carbocycles. The summed E-state index contributed by atoms with van der Waals surface area (Å²) in [6.07, 6.45) is 2.67. The molecule has 3 rings (SSSR count). The lowest BCUT2D eigenvalue weighted by Gasteiger charge is -2.41. The normalized spacial score (nSPS) is 25.0. The van der Waals surface area contributed by atoms with Crippen molar-refractivity contribution < 1.29 is 12.8 Å². The molecule has 0 amide bonds. The number of piperazine rings is 1. The van der Waals surface area contributed by atoms with Gasteiger partial charge in [0, 0.05) is 32.7 Å². The Kier molecular flexibility index (Phi) is 5.54. The number of halogens is 1. The summed E-state index contributed by atoms with van der Waals surface area (Å²) in [5.41, 5.74) is 0.881. The maximum atomic E-state index is 13.2. The largest absolute Gasteiger partial charge is 0.301 e. The topological polar surface area (TPSA) is 43.9 Å². The smallest absolute Gasteiger partial charge is 0.282 e. The number of nitrogens with zero attached hydrogens (tertiary/aromatic N) is 3. The third kappa shape index (κ3) is 3.64. The zero-order valence-corrected chi connectivity index (χ0v) is 15.0. The van der Waals surface area contributed by atoms with Crippen LogP contribution in [-0.2, 0) is 10.2 Å². The Morgan fingerprint density at radius 3 is 2.33 bits per heavy atom. The minimum atomic E-state index is -3.48. The van der Waals surface area contributed by atoms with Gasteiger partial charge >= 0.3 is 0 Å². The molecular formula is C17H26FN3O2S. The minimum absolute atomic E-state index is 0.187. The fourth-order valence-electron chi connectivity index (χ4n) is 3.62. The highest BCUT2D eigenvalue weighted by Crippen LogP contribution is 2.34. The lowest BCUT2D eigenvalue weighted by molar-refractivity contribution is 0.175. The van der Waals surface area contributed by atoms with Gasteiger partial charge in [-0.05, 0) is 37.1 Å². The standard InChI is InChI=1S/C17H26FN3O2S/c1-2-19-11-13-20(14-12-19)24(22,23)21-10-4-3-5-17(21)15-6-8-16(18)9-7-15/h6-9,17H,2-5,10-14H2,1H3. The van der Waals surface area contributed by atoms with Crippen LogP contribution in [0.15, 0.2) is 24.3 Å². The van der Waals surface area contributed by atoms with Gasteiger partial charge in [0.15, 0.2) is 0 Å². The Hall–Kier alpha value is -1.02. The molecule has 2 aliphatic heterocycles. The van der Waals surface area contributed by atoms with Gasteiger partial charge in [0.25, 0.3) is 10.2 Å². The lowest BCUT2D eigenvalue weighted by Crippen LogP contribution is -2.54. The first-order valence-corrected chi connectivity index (χ1v) is 10.2. The maximum Gasteiger partial charge on any atom is 0.282 e. The van der Waals surface area contributed by atoms with E-state index in [1.54, 1.807) is 20.7 Å². The molecule has 134 valence electrons. The quantitative estimate of drug-likeness (QED) is 0.832. The first-order chi connectivity index (χ1) is 11.5. The average Bonchev–Trinajstić information content (AvgIpc) is 2.62. The molecule has 7 heteroatoms. The fraction of sp³-hybridized carbons (Fsp3) is 0.647. The molecule has 1 unspecified atom stereocenters. The van der Waals surface area contributed by atoms with Crippen LogP contribution in [0, 0.1) is 5.82 Å². The summed E-state index contributed by atoms with van der Waals surface area (Å²) in [7, 11) is -3.48. The molecule has 0 N–H and O–H groups in total. The summed E-state index contributed by atoms with van der Waals surface area (Å²) in [6.45, 7) is 6.24. The summed E-state index contributed by atoms with van der Waals surface area (Å²) in [5.74, 6) is -0.292. The average molecular weight is 355 g/mol. The molecule has 1 aromatic rings. The van der Waals surface area contributed by atoms with E-state index in [2.05, 4.69) is 11.8 Å². The highest BCUT2D eigenvalue weighted by Gasteiger charge is 2.38. The molecule has 24 heavy (non-hydrogen) atoms. The van der Waals surface area contributed by atoms with E-state index < -0.39 is 10.2 Å². The Balaban J connectivity index is 1.80. The summed E-state index contributed by atoms with van der Waals surface area (Å²) in [6, 6.07) is 6.06. The van der Waals surface area contributed by atoms with Crippen molar-refractivity contribution in [3.8, 4) is 0 Å². The van der Waals surface area contributed by atoms with Gasteiger partial charge in [-0.2, -0.15) is 17.0 Å². The lowest BCUT2D eigenvalue weighted by atomic mass is 9.97. The summed E-state index contributed by atoms with van der Waals surface area (Å²) in [4.78, 5) is 2.26. The van der Waals surface area contributed by atoms with Gasteiger partial charge in [0.2, 0.25) is 0 Å². The predicted molar refractivity (Wildman–Crippen MR) is 92.3 cm³/mol. The minimum Gasteiger partial charge on any atom is -0.301 e. The Morgan fingerprint density at radius 2 is 1.71 bits per heavy atom. The third-order valence-electron chi connectivity index (χ3n) is 5.11. The second kappa shape index (κ2) is 7.47. The first-order valence-electron chi connectivity index (χ1n) is 8.77. The van der Waals surface area contributed by atoms with Crippen LogP contribution in [0.4, 0.5) is 4.39 Å². The molecule has 2 heterocycles. The summed E-state index contributed by atoms with van der Waals surface area (Å²) in [5, 5.41) is 0. The Bertz CT molecular complexity index is 642. The molecule has 0 radical (unpaired) electrons. The monoisotopic (exact) mass is 355 g/mol. The van der Waals surface area contributed by atoms with E-state index in [1.165, 1.54) is 12.1 Å². The number of piperidine rings is 1. The summed E-state index contributed by atoms with van der Waals surface area (Å²) >= 11 is 0. The fourth-order valence-corrected chi connectivity index (χ4v) is 5.45. The van der Waals surface area contributed by atoms with Gasteiger partial charge in [-0.1, -0.05) is 25.5 Å². The van der Waals surface area contributed by atoms with E-state index in [9.17, 15) is 12.8 Å². The van der Waals surface area contributed by atoms with Crippen LogP contribution >= 0.6 is 0 Å². The molecule has 2 fully saturated rings. The second-order valence-electron chi connectivity index (χ2n) is 6.51. The maximum absolute atomic E-state index is 13.2. The first kappa shape index (κ1) is 17.8. The number of benzene rings is 1. The van der Waals surface area contributed by atoms with Crippen molar-refractivity contribution in [1.82, 2.24) is 13.5 Å². The van der Waals surface area contributed by atoms with Crippen molar-refractivity contribution in [2.45, 2.75) is 32.2 Å². The van der Waals surface area contributed by atoms with Crippen LogP contribution in [0.25, 0.3) is 0 Å². The molecule has 1 aromatic carbocycles. The molecule has 0 aromatic heterocycles. The zero-order valence-electron chi connectivity index (χ0n) is 14.2. The third-order valence-corrected chi connectivity index (χ3v) is 7.16. The van der Waals surface area contributed by atoms with Gasteiger partial charge in [-0.25, -0.2) is 4.39 Å². The van der Waals surface area contributed by atoms with Crippen LogP contribution < -0.4 is 0 Å². The highest BCUT2D eigenvalue weighted by molar-refractivity contribution is 7.86. The zero-order chi connectivity index (χ0) is 17.2. The molecule has 1 atom stereocenters. The van der Waals surface area contributed by atoms with E-state index in [1.807, 2.05) is 0 Å². The molecule has 0 saturated carbocycles. The van der Waals surface area contributed by atoms with Crippen LogP contribution in [-0.4, -0.2) is 61.2 Å². The van der Waals surface area contributed by atoms with Crippen molar-refractivity contribution in [3.05, 3.63) is 35.6 Å². The van der Waals surface area contributed by atoms with E-state index in [0.717, 1.165) is 44.5 Å². The van der Waals surface area contributed by atoms with Gasteiger partial charge < -0.3 is 4.90 Å². The number of hydrogen-bond donors (Lipinski definition) is 0. The Labute approximate surface area is 144 Å². The van der Waals surface area contributed by atoms with Crippen LogP contribution in [0.2, 0.25) is 0 Å². The molecular weight excluding hydrogens is 329 g/mol. The van der Waals surface area contributed by atoms with E-state index >= 15 is 0 Å². The van der Waals surface area contributed by atoms with Crippen LogP contribution in [0.1, 0.15) is 37.8 Å². The van der Waals surface area contributed by atoms with Gasteiger partial charge in [0.05, 0.1) is 6.04 Å². The molecule has 0 spiro atoms. The molecule has 2 saturated heterocycles. The highest BCUT2D eigenvalue weighted by atomic mass is 32.2. The number of hydrogen-bond acceptors (Lipinski definition) is 3. The molecule has 5 nitrogen and oxygen atoms in total. The number of rotatable bonds is 4. The van der Waals surface area contributed by atoms with Gasteiger partial charge in [-0.3, -0.25) is 0 Å². The SMILES string of the molecule is CCN1CCN(S(=O)(=O)N2CCCCC2c2ccc(F)cc2)CC1.